The monoisotopic (exact) mass is 333 g/mol. The summed E-state index contributed by atoms with van der Waals surface area (Å²) >= 11 is 0. The Labute approximate surface area is 143 Å². The Morgan fingerprint density at radius 3 is 2.33 bits per heavy atom. The number of fused-ring (bicyclic) bond motifs is 1. The highest BCUT2D eigenvalue weighted by molar-refractivity contribution is 5.98. The predicted molar refractivity (Wildman–Crippen MR) is 92.1 cm³/mol. The van der Waals surface area contributed by atoms with Gasteiger partial charge in [-0.25, -0.2) is 0 Å². The molecule has 1 heterocycles. The smallest absolute Gasteiger partial charge is 0.257 e. The van der Waals surface area contributed by atoms with Crippen molar-refractivity contribution >= 4 is 5.91 Å². The minimum atomic E-state index is 0.0248. The van der Waals surface area contributed by atoms with Gasteiger partial charge in [0.1, 0.15) is 0 Å². The first-order chi connectivity index (χ1) is 11.7. The molecule has 1 aromatic carbocycles. The number of amides is 1. The average molecular weight is 333 g/mol. The van der Waals surface area contributed by atoms with Crippen molar-refractivity contribution in [2.45, 2.75) is 32.1 Å². The van der Waals surface area contributed by atoms with Crippen molar-refractivity contribution in [3.63, 3.8) is 0 Å². The third-order valence-electron chi connectivity index (χ3n) is 5.51. The molecule has 0 bridgehead atoms. The van der Waals surface area contributed by atoms with Gasteiger partial charge in [-0.2, -0.15) is 0 Å². The third-order valence-corrected chi connectivity index (χ3v) is 5.51. The van der Waals surface area contributed by atoms with Crippen LogP contribution in [-0.2, 0) is 0 Å². The third kappa shape index (κ3) is 3.04. The van der Waals surface area contributed by atoms with Gasteiger partial charge in [0, 0.05) is 13.1 Å². The highest BCUT2D eigenvalue weighted by Crippen LogP contribution is 2.41. The first-order valence-corrected chi connectivity index (χ1v) is 8.77. The number of hydrogen-bond acceptors (Lipinski definition) is 4. The van der Waals surface area contributed by atoms with Crippen LogP contribution >= 0.6 is 0 Å². The van der Waals surface area contributed by atoms with E-state index in [0.717, 1.165) is 25.4 Å². The van der Waals surface area contributed by atoms with Crippen LogP contribution in [-0.4, -0.2) is 45.2 Å². The van der Waals surface area contributed by atoms with Gasteiger partial charge in [-0.1, -0.05) is 19.3 Å². The number of carbonyl (C=O) groups excluding carboxylic acids is 1. The quantitative estimate of drug-likeness (QED) is 0.848. The van der Waals surface area contributed by atoms with Gasteiger partial charge in [-0.15, -0.1) is 0 Å². The van der Waals surface area contributed by atoms with Crippen molar-refractivity contribution in [3.8, 4) is 17.2 Å². The molecule has 132 valence electrons. The minimum Gasteiger partial charge on any atom is -0.493 e. The van der Waals surface area contributed by atoms with Crippen molar-refractivity contribution in [3.05, 3.63) is 17.7 Å². The number of carbonyl (C=O) groups is 1. The molecular weight excluding hydrogens is 306 g/mol. The van der Waals surface area contributed by atoms with Crippen LogP contribution in [0.5, 0.6) is 17.2 Å². The standard InChI is InChI=1S/C19H27NO4/c1-22-16-9-8-15(17(23-2)18(16)24-3)19(21)20-11-10-13-6-4-5-7-14(13)12-20/h8-9,13-14H,4-7,10-12H2,1-3H3/t13-,14+/m1/s1. The lowest BCUT2D eigenvalue weighted by Crippen LogP contribution is -2.44. The van der Waals surface area contributed by atoms with Gasteiger partial charge in [-0.3, -0.25) is 4.79 Å². The second-order valence-corrected chi connectivity index (χ2v) is 6.73. The lowest BCUT2D eigenvalue weighted by Gasteiger charge is -2.41. The van der Waals surface area contributed by atoms with E-state index in [4.69, 9.17) is 14.2 Å². The Morgan fingerprint density at radius 2 is 1.67 bits per heavy atom. The van der Waals surface area contributed by atoms with Gasteiger partial charge in [0.15, 0.2) is 11.5 Å². The molecule has 1 saturated heterocycles. The second-order valence-electron chi connectivity index (χ2n) is 6.73. The number of likely N-dealkylation sites (tertiary alicyclic amines) is 1. The van der Waals surface area contributed by atoms with Crippen LogP contribution < -0.4 is 14.2 Å². The Bertz CT molecular complexity index is 601. The summed E-state index contributed by atoms with van der Waals surface area (Å²) in [7, 11) is 4.69. The number of benzene rings is 1. The van der Waals surface area contributed by atoms with Crippen molar-refractivity contribution < 1.29 is 19.0 Å². The molecule has 0 spiro atoms. The SMILES string of the molecule is COc1ccc(C(=O)N2CC[C@H]3CCCC[C@H]3C2)c(OC)c1OC. The van der Waals surface area contributed by atoms with Crippen molar-refractivity contribution in [2.24, 2.45) is 11.8 Å². The van der Waals surface area contributed by atoms with Gasteiger partial charge in [0.05, 0.1) is 26.9 Å². The Balaban J connectivity index is 1.84. The predicted octanol–water partition coefficient (Wildman–Crippen LogP) is 3.36. The summed E-state index contributed by atoms with van der Waals surface area (Å²) in [6.07, 6.45) is 6.33. The van der Waals surface area contributed by atoms with E-state index in [1.54, 1.807) is 33.5 Å². The van der Waals surface area contributed by atoms with E-state index in [0.29, 0.717) is 28.7 Å². The molecule has 0 aromatic heterocycles. The summed E-state index contributed by atoms with van der Waals surface area (Å²) in [5.41, 5.74) is 0.546. The van der Waals surface area contributed by atoms with Crippen LogP contribution in [0.1, 0.15) is 42.5 Å². The van der Waals surface area contributed by atoms with Crippen molar-refractivity contribution in [1.82, 2.24) is 4.90 Å². The number of methoxy groups -OCH3 is 3. The van der Waals surface area contributed by atoms with E-state index in [2.05, 4.69) is 0 Å². The Morgan fingerprint density at radius 1 is 0.958 bits per heavy atom. The van der Waals surface area contributed by atoms with Crippen LogP contribution in [0.3, 0.4) is 0 Å². The summed E-state index contributed by atoms with van der Waals surface area (Å²) in [5, 5.41) is 0. The zero-order valence-corrected chi connectivity index (χ0v) is 14.8. The summed E-state index contributed by atoms with van der Waals surface area (Å²) in [6.45, 7) is 1.69. The maximum Gasteiger partial charge on any atom is 0.257 e. The van der Waals surface area contributed by atoms with E-state index in [1.165, 1.54) is 25.7 Å². The molecule has 3 rings (SSSR count). The van der Waals surface area contributed by atoms with Crippen molar-refractivity contribution in [1.29, 1.82) is 0 Å². The molecule has 0 N–H and O–H groups in total. The van der Waals surface area contributed by atoms with E-state index >= 15 is 0 Å². The molecule has 1 aromatic rings. The molecule has 2 aliphatic rings. The van der Waals surface area contributed by atoms with Gasteiger partial charge in [0.25, 0.3) is 5.91 Å². The molecule has 1 aliphatic heterocycles. The summed E-state index contributed by atoms with van der Waals surface area (Å²) < 4.78 is 16.2. The molecule has 2 fully saturated rings. The summed E-state index contributed by atoms with van der Waals surface area (Å²) in [4.78, 5) is 15.1. The normalized spacial score (nSPS) is 23.4. The minimum absolute atomic E-state index is 0.0248. The van der Waals surface area contributed by atoms with Crippen molar-refractivity contribution in [2.75, 3.05) is 34.4 Å². The summed E-state index contributed by atoms with van der Waals surface area (Å²) in [6, 6.07) is 3.54. The number of nitrogens with zero attached hydrogens (tertiary/aromatic N) is 1. The maximum atomic E-state index is 13.1. The first-order valence-electron chi connectivity index (χ1n) is 8.77. The molecule has 0 radical (unpaired) electrons. The van der Waals surface area contributed by atoms with E-state index in [1.807, 2.05) is 4.90 Å². The van der Waals surface area contributed by atoms with Gasteiger partial charge in [-0.05, 0) is 36.8 Å². The van der Waals surface area contributed by atoms with Crippen LogP contribution in [0.15, 0.2) is 12.1 Å². The summed E-state index contributed by atoms with van der Waals surface area (Å²) in [5.74, 6) is 2.97. The van der Waals surface area contributed by atoms with Gasteiger partial charge < -0.3 is 19.1 Å². The number of ether oxygens (including phenoxy) is 3. The highest BCUT2D eigenvalue weighted by atomic mass is 16.5. The molecular formula is C19H27NO4. The average Bonchev–Trinajstić information content (AvgIpc) is 2.65. The lowest BCUT2D eigenvalue weighted by atomic mass is 9.75. The molecule has 0 unspecified atom stereocenters. The molecule has 1 saturated carbocycles. The molecule has 2 atom stereocenters. The van der Waals surface area contributed by atoms with E-state index < -0.39 is 0 Å². The van der Waals surface area contributed by atoms with E-state index in [-0.39, 0.29) is 5.91 Å². The van der Waals surface area contributed by atoms with Crippen LogP contribution in [0.25, 0.3) is 0 Å². The fraction of sp³-hybridized carbons (Fsp3) is 0.632. The molecule has 24 heavy (non-hydrogen) atoms. The van der Waals surface area contributed by atoms with Gasteiger partial charge >= 0.3 is 0 Å². The van der Waals surface area contributed by atoms with Crippen LogP contribution in [0.4, 0.5) is 0 Å². The molecule has 1 aliphatic carbocycles. The Hall–Kier alpha value is -1.91. The fourth-order valence-corrected chi connectivity index (χ4v) is 4.23. The lowest BCUT2D eigenvalue weighted by molar-refractivity contribution is 0.0517. The van der Waals surface area contributed by atoms with Crippen LogP contribution in [0.2, 0.25) is 0 Å². The largest absolute Gasteiger partial charge is 0.493 e. The zero-order chi connectivity index (χ0) is 17.1. The second kappa shape index (κ2) is 7.32. The highest BCUT2D eigenvalue weighted by Gasteiger charge is 2.34. The number of rotatable bonds is 4. The van der Waals surface area contributed by atoms with Gasteiger partial charge in [0.2, 0.25) is 5.75 Å². The molecule has 1 amide bonds. The number of hydrogen-bond donors (Lipinski definition) is 0. The topological polar surface area (TPSA) is 48.0 Å². The maximum absolute atomic E-state index is 13.1. The molecule has 5 nitrogen and oxygen atoms in total. The molecule has 5 heteroatoms. The fourth-order valence-electron chi connectivity index (χ4n) is 4.23. The Kier molecular flexibility index (Phi) is 5.17. The van der Waals surface area contributed by atoms with Crippen LogP contribution in [0, 0.1) is 11.8 Å². The zero-order valence-electron chi connectivity index (χ0n) is 14.8. The number of piperidine rings is 1. The first kappa shape index (κ1) is 16.9. The van der Waals surface area contributed by atoms with E-state index in [9.17, 15) is 4.79 Å².